The SMILES string of the molecule is CC(C)(C)C([SiH3])=C(Cl)C(C)(C)C. The Kier molecular flexibility index (Phi) is 3.62. The molecule has 0 rings (SSSR count). The Hall–Kier alpha value is 0.247. The van der Waals surface area contributed by atoms with Crippen LogP contribution in [0.15, 0.2) is 10.2 Å². The van der Waals surface area contributed by atoms with E-state index in [2.05, 4.69) is 41.5 Å². The Balaban J connectivity index is 4.96. The summed E-state index contributed by atoms with van der Waals surface area (Å²) in [5, 5.41) is 2.48. The van der Waals surface area contributed by atoms with Crippen LogP contribution in [-0.4, -0.2) is 10.2 Å². The summed E-state index contributed by atoms with van der Waals surface area (Å²) in [5.74, 6) is 0. The van der Waals surface area contributed by atoms with Crippen molar-refractivity contribution in [1.82, 2.24) is 0 Å². The number of allylic oxidation sites excluding steroid dienone is 2. The van der Waals surface area contributed by atoms with E-state index in [1.807, 2.05) is 0 Å². The molecule has 72 valence electrons. The van der Waals surface area contributed by atoms with E-state index in [4.69, 9.17) is 11.6 Å². The van der Waals surface area contributed by atoms with Gasteiger partial charge in [-0.15, -0.1) is 0 Å². The van der Waals surface area contributed by atoms with Gasteiger partial charge in [0.1, 0.15) is 0 Å². The number of hydrogen-bond acceptors (Lipinski definition) is 0. The van der Waals surface area contributed by atoms with E-state index in [1.165, 1.54) is 5.20 Å². The fourth-order valence-electron chi connectivity index (χ4n) is 0.892. The van der Waals surface area contributed by atoms with E-state index >= 15 is 0 Å². The molecule has 0 saturated carbocycles. The third kappa shape index (κ3) is 3.32. The zero-order valence-corrected chi connectivity index (χ0v) is 12.1. The molecule has 0 atom stereocenters. The van der Waals surface area contributed by atoms with Gasteiger partial charge in [-0.3, -0.25) is 0 Å². The first-order valence-electron chi connectivity index (χ1n) is 4.44. The minimum Gasteiger partial charge on any atom is -0.0891 e. The highest BCUT2D eigenvalue weighted by Crippen LogP contribution is 2.36. The summed E-state index contributed by atoms with van der Waals surface area (Å²) < 4.78 is 0. The molecule has 0 nitrogen and oxygen atoms in total. The average Bonchev–Trinajstić information content (AvgIpc) is 1.80. The molecule has 0 spiro atoms. The average molecular weight is 205 g/mol. The molecule has 0 aromatic heterocycles. The molecule has 0 heterocycles. The van der Waals surface area contributed by atoms with Crippen molar-refractivity contribution >= 4 is 21.8 Å². The Labute approximate surface area is 84.8 Å². The van der Waals surface area contributed by atoms with Gasteiger partial charge in [0.05, 0.1) is 0 Å². The lowest BCUT2D eigenvalue weighted by Gasteiger charge is -2.27. The van der Waals surface area contributed by atoms with E-state index in [1.54, 1.807) is 0 Å². The molecular formula is C10H21ClSi. The van der Waals surface area contributed by atoms with Crippen LogP contribution in [0.3, 0.4) is 0 Å². The third-order valence-corrected chi connectivity index (χ3v) is 5.28. The maximum atomic E-state index is 6.31. The second-order valence-electron chi connectivity index (χ2n) is 5.44. The zero-order chi connectivity index (χ0) is 10.2. The summed E-state index contributed by atoms with van der Waals surface area (Å²) in [4.78, 5) is 0. The summed E-state index contributed by atoms with van der Waals surface area (Å²) in [6.45, 7) is 13.2. The second kappa shape index (κ2) is 3.55. The van der Waals surface area contributed by atoms with Gasteiger partial charge in [0, 0.05) is 15.3 Å². The van der Waals surface area contributed by atoms with E-state index in [0.29, 0.717) is 0 Å². The van der Waals surface area contributed by atoms with Crippen molar-refractivity contribution in [3.63, 3.8) is 0 Å². The maximum absolute atomic E-state index is 6.31. The Morgan fingerprint density at radius 3 is 1.33 bits per heavy atom. The van der Waals surface area contributed by atoms with Crippen molar-refractivity contribution in [3.05, 3.63) is 10.2 Å². The van der Waals surface area contributed by atoms with Gasteiger partial charge in [0.15, 0.2) is 0 Å². The van der Waals surface area contributed by atoms with Crippen LogP contribution in [0.4, 0.5) is 0 Å². The molecule has 0 radical (unpaired) electrons. The predicted octanol–water partition coefficient (Wildman–Crippen LogP) is 2.89. The number of rotatable bonds is 0. The van der Waals surface area contributed by atoms with E-state index in [9.17, 15) is 0 Å². The number of hydrogen-bond donors (Lipinski definition) is 0. The molecule has 0 aromatic carbocycles. The minimum absolute atomic E-state index is 0.117. The van der Waals surface area contributed by atoms with Crippen molar-refractivity contribution in [2.75, 3.05) is 0 Å². The van der Waals surface area contributed by atoms with Gasteiger partial charge in [0.2, 0.25) is 0 Å². The van der Waals surface area contributed by atoms with Crippen LogP contribution in [0.1, 0.15) is 41.5 Å². The van der Waals surface area contributed by atoms with Crippen LogP contribution >= 0.6 is 11.6 Å². The van der Waals surface area contributed by atoms with Gasteiger partial charge in [-0.25, -0.2) is 0 Å². The van der Waals surface area contributed by atoms with Crippen LogP contribution in [-0.2, 0) is 0 Å². The van der Waals surface area contributed by atoms with Crippen molar-refractivity contribution in [2.24, 2.45) is 10.8 Å². The van der Waals surface area contributed by atoms with Gasteiger partial charge in [-0.05, 0) is 10.8 Å². The summed E-state index contributed by atoms with van der Waals surface area (Å²) in [7, 11) is 1.06. The summed E-state index contributed by atoms with van der Waals surface area (Å²) in [6, 6.07) is 0. The van der Waals surface area contributed by atoms with Crippen LogP contribution in [0.25, 0.3) is 0 Å². The molecule has 0 aliphatic carbocycles. The smallest absolute Gasteiger partial charge is 0.0355 e. The standard InChI is InChI=1S/C10H21ClSi/c1-9(2,3)7(11)8(12)10(4,5)6/h1-6,12H3. The van der Waals surface area contributed by atoms with Gasteiger partial charge in [-0.2, -0.15) is 0 Å². The van der Waals surface area contributed by atoms with E-state index in [-0.39, 0.29) is 10.8 Å². The highest BCUT2D eigenvalue weighted by molar-refractivity contribution is 6.36. The van der Waals surface area contributed by atoms with Crippen LogP contribution < -0.4 is 0 Å². The summed E-state index contributed by atoms with van der Waals surface area (Å²) >= 11 is 6.31. The molecule has 0 bridgehead atoms. The molecule has 12 heavy (non-hydrogen) atoms. The van der Waals surface area contributed by atoms with Crippen LogP contribution in [0.2, 0.25) is 0 Å². The summed E-state index contributed by atoms with van der Waals surface area (Å²) in [5.41, 5.74) is 0.364. The Morgan fingerprint density at radius 1 is 0.917 bits per heavy atom. The molecular weight excluding hydrogens is 184 g/mol. The predicted molar refractivity (Wildman–Crippen MR) is 61.7 cm³/mol. The fourth-order valence-corrected chi connectivity index (χ4v) is 1.93. The highest BCUT2D eigenvalue weighted by Gasteiger charge is 2.23. The lowest BCUT2D eigenvalue weighted by atomic mass is 9.88. The quantitative estimate of drug-likeness (QED) is 0.533. The Morgan fingerprint density at radius 2 is 1.25 bits per heavy atom. The molecule has 0 amide bonds. The van der Waals surface area contributed by atoms with Gasteiger partial charge >= 0.3 is 0 Å². The Bertz CT molecular complexity index is 169. The van der Waals surface area contributed by atoms with E-state index in [0.717, 1.165) is 15.3 Å². The fraction of sp³-hybridized carbons (Fsp3) is 0.800. The monoisotopic (exact) mass is 204 g/mol. The van der Waals surface area contributed by atoms with Crippen molar-refractivity contribution in [1.29, 1.82) is 0 Å². The normalized spacial score (nSPS) is 16.2. The molecule has 0 N–H and O–H groups in total. The van der Waals surface area contributed by atoms with Gasteiger partial charge in [-0.1, -0.05) is 58.3 Å². The van der Waals surface area contributed by atoms with Gasteiger partial charge in [0.25, 0.3) is 0 Å². The van der Waals surface area contributed by atoms with Crippen LogP contribution in [0, 0.1) is 10.8 Å². The lowest BCUT2D eigenvalue weighted by Crippen LogP contribution is -2.17. The molecule has 0 aliphatic rings. The molecule has 0 aromatic rings. The number of halogens is 1. The first-order chi connectivity index (χ1) is 5.07. The minimum atomic E-state index is 0.117. The lowest BCUT2D eigenvalue weighted by molar-refractivity contribution is 0.482. The van der Waals surface area contributed by atoms with Crippen molar-refractivity contribution < 1.29 is 0 Å². The molecule has 0 aliphatic heterocycles. The van der Waals surface area contributed by atoms with Crippen LogP contribution in [0.5, 0.6) is 0 Å². The third-order valence-electron chi connectivity index (χ3n) is 2.11. The molecule has 2 heteroatoms. The van der Waals surface area contributed by atoms with Crippen molar-refractivity contribution in [2.45, 2.75) is 41.5 Å². The maximum Gasteiger partial charge on any atom is 0.0355 e. The second-order valence-corrected chi connectivity index (χ2v) is 6.82. The molecule has 0 saturated heterocycles. The zero-order valence-electron chi connectivity index (χ0n) is 9.38. The topological polar surface area (TPSA) is 0 Å². The molecule has 0 unspecified atom stereocenters. The van der Waals surface area contributed by atoms with E-state index < -0.39 is 0 Å². The van der Waals surface area contributed by atoms with Crippen molar-refractivity contribution in [3.8, 4) is 0 Å². The summed E-state index contributed by atoms with van der Waals surface area (Å²) in [6.07, 6.45) is 0. The first kappa shape index (κ1) is 12.2. The molecule has 0 fully saturated rings. The first-order valence-corrected chi connectivity index (χ1v) is 5.82. The largest absolute Gasteiger partial charge is 0.0891 e. The highest BCUT2D eigenvalue weighted by atomic mass is 35.5. The van der Waals surface area contributed by atoms with Gasteiger partial charge < -0.3 is 0 Å².